The fraction of sp³-hybridized carbons (Fsp3) is 0.324. The molecule has 0 fully saturated rings. The second-order valence-electron chi connectivity index (χ2n) is 11.4. The van der Waals surface area contributed by atoms with Crippen LogP contribution in [0.1, 0.15) is 70.6 Å². The molecule has 4 heteroatoms. The van der Waals surface area contributed by atoms with E-state index in [2.05, 4.69) is 75.9 Å². The van der Waals surface area contributed by atoms with E-state index in [-0.39, 0.29) is 6.04 Å². The summed E-state index contributed by atoms with van der Waals surface area (Å²) in [7, 11) is 0. The summed E-state index contributed by atoms with van der Waals surface area (Å²) >= 11 is 0. The molecule has 4 rings (SSSR count). The van der Waals surface area contributed by atoms with Gasteiger partial charge >= 0.3 is 5.97 Å². The summed E-state index contributed by atoms with van der Waals surface area (Å²) in [6, 6.07) is 32.0. The highest BCUT2D eigenvalue weighted by Gasteiger charge is 2.33. The van der Waals surface area contributed by atoms with Crippen molar-refractivity contribution in [2.24, 2.45) is 5.92 Å². The summed E-state index contributed by atoms with van der Waals surface area (Å²) < 4.78 is 6.33. The number of benzene rings is 4. The molecule has 0 aliphatic carbocycles. The molecular weight excluding hydrogens is 506 g/mol. The van der Waals surface area contributed by atoms with Crippen LogP contribution in [0, 0.1) is 33.6 Å². The number of aliphatic hydroxyl groups is 1. The van der Waals surface area contributed by atoms with Crippen LogP contribution < -0.4 is 0 Å². The summed E-state index contributed by atoms with van der Waals surface area (Å²) in [5, 5.41) is 11.0. The fourth-order valence-electron chi connectivity index (χ4n) is 5.59. The van der Waals surface area contributed by atoms with Crippen LogP contribution in [0.4, 0.5) is 0 Å². The molecule has 0 bridgehead atoms. The Kier molecular flexibility index (Phi) is 10.1. The molecule has 4 aromatic carbocycles. The number of aliphatic hydroxyl groups excluding tert-OH is 1. The molecule has 0 heterocycles. The van der Waals surface area contributed by atoms with Gasteiger partial charge in [-0.2, -0.15) is 0 Å². The number of esters is 1. The van der Waals surface area contributed by atoms with Crippen molar-refractivity contribution in [3.63, 3.8) is 0 Å². The number of hydrogen-bond donors (Lipinski definition) is 1. The smallest absolute Gasteiger partial charge is 0.312 e. The van der Waals surface area contributed by atoms with Gasteiger partial charge in [-0.15, -0.1) is 0 Å². The molecule has 41 heavy (non-hydrogen) atoms. The second-order valence-corrected chi connectivity index (χ2v) is 11.4. The number of aryl methyl sites for hydroxylation is 4. The maximum absolute atomic E-state index is 13.6. The molecule has 0 aliphatic rings. The first-order valence-electron chi connectivity index (χ1n) is 14.5. The van der Waals surface area contributed by atoms with Crippen molar-refractivity contribution < 1.29 is 14.6 Å². The standard InChI is InChI=1S/C37H43NO3/c1-25-21-27(3)34(28(4)22-25)24-38(23-33-20-14-13-15-26(33)2)30(6)36(32-18-11-8-12-19-32)41-37(40)29(5)35(39)31-16-9-7-10-17-31/h7-22,29-30,35-36,39H,23-24H2,1-6H3/t29?,30-,35?,36-/m0/s1. The number of carbonyl (C=O) groups excluding carboxylic acids is 1. The number of hydrogen-bond acceptors (Lipinski definition) is 4. The van der Waals surface area contributed by atoms with Gasteiger partial charge in [-0.3, -0.25) is 9.69 Å². The Hall–Kier alpha value is -3.73. The van der Waals surface area contributed by atoms with Crippen molar-refractivity contribution in [2.45, 2.75) is 72.9 Å². The van der Waals surface area contributed by atoms with Crippen LogP contribution in [0.5, 0.6) is 0 Å². The van der Waals surface area contributed by atoms with Gasteiger partial charge in [-0.25, -0.2) is 0 Å². The zero-order valence-corrected chi connectivity index (χ0v) is 25.2. The summed E-state index contributed by atoms with van der Waals surface area (Å²) in [5.41, 5.74) is 9.18. The molecule has 0 saturated carbocycles. The van der Waals surface area contributed by atoms with Crippen LogP contribution in [0.15, 0.2) is 97.1 Å². The van der Waals surface area contributed by atoms with Crippen molar-refractivity contribution in [1.29, 1.82) is 0 Å². The molecule has 0 radical (unpaired) electrons. The van der Waals surface area contributed by atoms with E-state index >= 15 is 0 Å². The average Bonchev–Trinajstić information content (AvgIpc) is 2.97. The monoisotopic (exact) mass is 549 g/mol. The van der Waals surface area contributed by atoms with Crippen LogP contribution in [0.3, 0.4) is 0 Å². The van der Waals surface area contributed by atoms with E-state index < -0.39 is 24.1 Å². The van der Waals surface area contributed by atoms with Crippen molar-refractivity contribution in [2.75, 3.05) is 0 Å². The quantitative estimate of drug-likeness (QED) is 0.193. The normalized spacial score (nSPS) is 14.3. The van der Waals surface area contributed by atoms with Gasteiger partial charge in [-0.05, 0) is 80.5 Å². The number of ether oxygens (including phenoxy) is 1. The van der Waals surface area contributed by atoms with Crippen molar-refractivity contribution in [3.05, 3.63) is 142 Å². The molecule has 0 aromatic heterocycles. The molecule has 0 amide bonds. The van der Waals surface area contributed by atoms with Crippen LogP contribution in [-0.2, 0) is 22.6 Å². The summed E-state index contributed by atoms with van der Waals surface area (Å²) in [6.07, 6.45) is -1.47. The van der Waals surface area contributed by atoms with Gasteiger partial charge in [0, 0.05) is 19.1 Å². The first-order valence-corrected chi connectivity index (χ1v) is 14.5. The molecule has 0 saturated heterocycles. The molecule has 4 aromatic rings. The van der Waals surface area contributed by atoms with Crippen molar-refractivity contribution in [1.82, 2.24) is 4.90 Å². The topological polar surface area (TPSA) is 49.8 Å². The summed E-state index contributed by atoms with van der Waals surface area (Å²) in [6.45, 7) is 13.9. The lowest BCUT2D eigenvalue weighted by Crippen LogP contribution is -2.40. The molecule has 214 valence electrons. The molecule has 0 spiro atoms. The Labute approximate surface area is 245 Å². The zero-order valence-electron chi connectivity index (χ0n) is 25.2. The van der Waals surface area contributed by atoms with Crippen molar-refractivity contribution in [3.8, 4) is 0 Å². The molecule has 4 atom stereocenters. The minimum atomic E-state index is -0.948. The maximum atomic E-state index is 13.6. The SMILES string of the molecule is Cc1cc(C)c(CN(Cc2ccccc2C)[C@@H](C)[C@H](OC(=O)C(C)C(O)c2ccccc2)c2ccccc2)c(C)c1. The van der Waals surface area contributed by atoms with Crippen molar-refractivity contribution >= 4 is 5.97 Å². The maximum Gasteiger partial charge on any atom is 0.312 e. The Morgan fingerprint density at radius 2 is 1.27 bits per heavy atom. The third kappa shape index (κ3) is 7.52. The molecule has 0 aliphatic heterocycles. The Morgan fingerprint density at radius 3 is 1.85 bits per heavy atom. The minimum absolute atomic E-state index is 0.151. The van der Waals surface area contributed by atoms with Gasteiger partial charge in [0.25, 0.3) is 0 Å². The zero-order chi connectivity index (χ0) is 29.5. The van der Waals surface area contributed by atoms with Gasteiger partial charge in [0.15, 0.2) is 0 Å². The van der Waals surface area contributed by atoms with Gasteiger partial charge in [0.05, 0.1) is 12.0 Å². The first kappa shape index (κ1) is 30.2. The first-order chi connectivity index (χ1) is 19.7. The van der Waals surface area contributed by atoms with Gasteiger partial charge < -0.3 is 9.84 Å². The van der Waals surface area contributed by atoms with E-state index in [0.717, 1.165) is 12.1 Å². The van der Waals surface area contributed by atoms with Gasteiger partial charge in [0.1, 0.15) is 6.10 Å². The van der Waals surface area contributed by atoms with Crippen LogP contribution in [0.2, 0.25) is 0 Å². The minimum Gasteiger partial charge on any atom is -0.456 e. The molecule has 1 N–H and O–H groups in total. The Bertz CT molecular complexity index is 1410. The van der Waals surface area contributed by atoms with E-state index in [0.29, 0.717) is 12.1 Å². The second kappa shape index (κ2) is 13.8. The number of nitrogens with zero attached hydrogens (tertiary/aromatic N) is 1. The number of carbonyl (C=O) groups is 1. The highest BCUT2D eigenvalue weighted by atomic mass is 16.5. The van der Waals surface area contributed by atoms with Gasteiger partial charge in [-0.1, -0.05) is 103 Å². The summed E-state index contributed by atoms with van der Waals surface area (Å²) in [4.78, 5) is 16.0. The Balaban J connectivity index is 1.69. The fourth-order valence-corrected chi connectivity index (χ4v) is 5.59. The van der Waals surface area contributed by atoms with E-state index in [1.807, 2.05) is 60.7 Å². The third-order valence-electron chi connectivity index (χ3n) is 8.21. The van der Waals surface area contributed by atoms with Gasteiger partial charge in [0.2, 0.25) is 0 Å². The Morgan fingerprint density at radius 1 is 0.732 bits per heavy atom. The molecule has 2 unspecified atom stereocenters. The lowest BCUT2D eigenvalue weighted by molar-refractivity contribution is -0.161. The van der Waals surface area contributed by atoms with E-state index in [1.165, 1.54) is 33.4 Å². The summed E-state index contributed by atoms with van der Waals surface area (Å²) in [5.74, 6) is -1.14. The van der Waals surface area contributed by atoms with E-state index in [4.69, 9.17) is 4.74 Å². The lowest BCUT2D eigenvalue weighted by atomic mass is 9.95. The average molecular weight is 550 g/mol. The van der Waals surface area contributed by atoms with E-state index in [9.17, 15) is 9.90 Å². The van der Waals surface area contributed by atoms with Crippen LogP contribution in [0.25, 0.3) is 0 Å². The molecule has 4 nitrogen and oxygen atoms in total. The van der Waals surface area contributed by atoms with Crippen LogP contribution >= 0.6 is 0 Å². The predicted octanol–water partition coefficient (Wildman–Crippen LogP) is 7.97. The highest BCUT2D eigenvalue weighted by molar-refractivity contribution is 5.73. The molecular formula is C37H43NO3. The third-order valence-corrected chi connectivity index (χ3v) is 8.21. The highest BCUT2D eigenvalue weighted by Crippen LogP contribution is 2.32. The van der Waals surface area contributed by atoms with E-state index in [1.54, 1.807) is 6.92 Å². The predicted molar refractivity (Wildman–Crippen MR) is 166 cm³/mol. The van der Waals surface area contributed by atoms with Crippen LogP contribution in [-0.4, -0.2) is 22.0 Å². The number of rotatable bonds is 11. The largest absolute Gasteiger partial charge is 0.456 e. The lowest BCUT2D eigenvalue weighted by Gasteiger charge is -2.36.